The van der Waals surface area contributed by atoms with Crippen molar-refractivity contribution in [1.82, 2.24) is 9.80 Å². The van der Waals surface area contributed by atoms with Crippen LogP contribution in [0.25, 0.3) is 10.8 Å². The molecule has 120 valence electrons. The number of carbonyl (C=O) groups is 2. The topological polar surface area (TPSA) is 40.6 Å². The van der Waals surface area contributed by atoms with Gasteiger partial charge in [-0.2, -0.15) is 0 Å². The summed E-state index contributed by atoms with van der Waals surface area (Å²) in [6, 6.07) is 13.8. The van der Waals surface area contributed by atoms with Crippen LogP contribution < -0.4 is 0 Å². The van der Waals surface area contributed by atoms with Gasteiger partial charge in [-0.15, -0.1) is 0 Å². The van der Waals surface area contributed by atoms with E-state index in [0.29, 0.717) is 32.6 Å². The molecular formula is C19H22N2O2. The highest BCUT2D eigenvalue weighted by molar-refractivity contribution is 6.07. The first-order chi connectivity index (χ1) is 11.2. The van der Waals surface area contributed by atoms with Crippen molar-refractivity contribution in [3.63, 3.8) is 0 Å². The van der Waals surface area contributed by atoms with Gasteiger partial charge < -0.3 is 9.80 Å². The molecule has 1 aliphatic rings. The van der Waals surface area contributed by atoms with Gasteiger partial charge in [0.2, 0.25) is 5.91 Å². The van der Waals surface area contributed by atoms with Crippen molar-refractivity contribution in [2.75, 3.05) is 26.2 Å². The molecule has 0 bridgehead atoms. The summed E-state index contributed by atoms with van der Waals surface area (Å²) in [5.41, 5.74) is 0.747. The molecule has 0 saturated carbocycles. The Kier molecular flexibility index (Phi) is 4.60. The fraction of sp³-hybridized carbons (Fsp3) is 0.368. The van der Waals surface area contributed by atoms with Crippen LogP contribution in [0.3, 0.4) is 0 Å². The molecule has 4 heteroatoms. The lowest BCUT2D eigenvalue weighted by molar-refractivity contribution is -0.132. The Morgan fingerprint density at radius 3 is 2.30 bits per heavy atom. The van der Waals surface area contributed by atoms with Gasteiger partial charge >= 0.3 is 0 Å². The van der Waals surface area contributed by atoms with Crippen LogP contribution in [0.5, 0.6) is 0 Å². The summed E-state index contributed by atoms with van der Waals surface area (Å²) < 4.78 is 0. The first-order valence-corrected chi connectivity index (χ1v) is 8.25. The molecule has 0 radical (unpaired) electrons. The second-order valence-electron chi connectivity index (χ2n) is 5.95. The maximum Gasteiger partial charge on any atom is 0.254 e. The van der Waals surface area contributed by atoms with E-state index in [1.165, 1.54) is 0 Å². The molecule has 2 amide bonds. The van der Waals surface area contributed by atoms with Crippen LogP contribution >= 0.6 is 0 Å². The second-order valence-corrected chi connectivity index (χ2v) is 5.95. The zero-order chi connectivity index (χ0) is 16.2. The van der Waals surface area contributed by atoms with Crippen molar-refractivity contribution in [1.29, 1.82) is 0 Å². The van der Waals surface area contributed by atoms with Gasteiger partial charge in [-0.25, -0.2) is 0 Å². The highest BCUT2D eigenvalue weighted by Gasteiger charge is 2.25. The van der Waals surface area contributed by atoms with E-state index in [2.05, 4.69) is 0 Å². The standard InChI is InChI=1S/C19H22N2O2/c1-2-6-18(22)20-11-13-21(14-12-20)19(23)17-10-5-8-15-7-3-4-9-16(15)17/h3-5,7-10H,2,6,11-14H2,1H3. The number of hydrogen-bond acceptors (Lipinski definition) is 2. The molecule has 0 N–H and O–H groups in total. The van der Waals surface area contributed by atoms with E-state index in [9.17, 15) is 9.59 Å². The Morgan fingerprint density at radius 2 is 1.57 bits per heavy atom. The minimum absolute atomic E-state index is 0.0596. The van der Waals surface area contributed by atoms with Crippen LogP contribution in [-0.2, 0) is 4.79 Å². The predicted molar refractivity (Wildman–Crippen MR) is 91.3 cm³/mol. The molecule has 1 aliphatic heterocycles. The van der Waals surface area contributed by atoms with Crippen LogP contribution in [-0.4, -0.2) is 47.8 Å². The number of piperazine rings is 1. The molecule has 1 heterocycles. The van der Waals surface area contributed by atoms with Crippen LogP contribution in [0.1, 0.15) is 30.1 Å². The van der Waals surface area contributed by atoms with E-state index in [-0.39, 0.29) is 11.8 Å². The number of rotatable bonds is 3. The lowest BCUT2D eigenvalue weighted by atomic mass is 10.0. The number of hydrogen-bond donors (Lipinski definition) is 0. The summed E-state index contributed by atoms with van der Waals surface area (Å²) in [5.74, 6) is 0.258. The molecular weight excluding hydrogens is 288 g/mol. The number of amides is 2. The Hall–Kier alpha value is -2.36. The quantitative estimate of drug-likeness (QED) is 0.874. The molecule has 0 atom stereocenters. The van der Waals surface area contributed by atoms with Crippen molar-refractivity contribution >= 4 is 22.6 Å². The van der Waals surface area contributed by atoms with Crippen LogP contribution in [0, 0.1) is 0 Å². The molecule has 0 aliphatic carbocycles. The van der Waals surface area contributed by atoms with Gasteiger partial charge in [0.05, 0.1) is 0 Å². The maximum absolute atomic E-state index is 12.8. The molecule has 23 heavy (non-hydrogen) atoms. The van der Waals surface area contributed by atoms with Crippen molar-refractivity contribution in [3.05, 3.63) is 48.0 Å². The molecule has 3 rings (SSSR count). The molecule has 1 fully saturated rings. The largest absolute Gasteiger partial charge is 0.339 e. The van der Waals surface area contributed by atoms with Crippen molar-refractivity contribution in [3.8, 4) is 0 Å². The van der Waals surface area contributed by atoms with Gasteiger partial charge in [-0.3, -0.25) is 9.59 Å². The van der Waals surface area contributed by atoms with E-state index in [1.807, 2.05) is 59.2 Å². The first-order valence-electron chi connectivity index (χ1n) is 8.25. The monoisotopic (exact) mass is 310 g/mol. The third-order valence-corrected chi connectivity index (χ3v) is 4.40. The third kappa shape index (κ3) is 3.21. The zero-order valence-corrected chi connectivity index (χ0v) is 13.5. The van der Waals surface area contributed by atoms with Gasteiger partial charge in [-0.1, -0.05) is 43.3 Å². The van der Waals surface area contributed by atoms with E-state index >= 15 is 0 Å². The van der Waals surface area contributed by atoms with E-state index in [0.717, 1.165) is 22.8 Å². The Bertz CT molecular complexity index is 713. The Morgan fingerprint density at radius 1 is 0.913 bits per heavy atom. The third-order valence-electron chi connectivity index (χ3n) is 4.40. The lowest BCUT2D eigenvalue weighted by Gasteiger charge is -2.35. The van der Waals surface area contributed by atoms with E-state index in [4.69, 9.17) is 0 Å². The average Bonchev–Trinajstić information content (AvgIpc) is 2.61. The van der Waals surface area contributed by atoms with E-state index in [1.54, 1.807) is 0 Å². The highest BCUT2D eigenvalue weighted by atomic mass is 16.2. The van der Waals surface area contributed by atoms with Gasteiger partial charge in [0, 0.05) is 38.2 Å². The van der Waals surface area contributed by atoms with Gasteiger partial charge in [0.15, 0.2) is 0 Å². The van der Waals surface area contributed by atoms with Gasteiger partial charge in [0.1, 0.15) is 0 Å². The van der Waals surface area contributed by atoms with Gasteiger partial charge in [-0.05, 0) is 23.3 Å². The summed E-state index contributed by atoms with van der Waals surface area (Å²) in [4.78, 5) is 28.5. The van der Waals surface area contributed by atoms with Crippen molar-refractivity contribution < 1.29 is 9.59 Å². The first kappa shape index (κ1) is 15.5. The van der Waals surface area contributed by atoms with Crippen LogP contribution in [0.15, 0.2) is 42.5 Å². The smallest absolute Gasteiger partial charge is 0.254 e. The minimum atomic E-state index is 0.0596. The Balaban J connectivity index is 1.73. The van der Waals surface area contributed by atoms with Crippen molar-refractivity contribution in [2.45, 2.75) is 19.8 Å². The minimum Gasteiger partial charge on any atom is -0.339 e. The second kappa shape index (κ2) is 6.82. The predicted octanol–water partition coefficient (Wildman–Crippen LogP) is 2.92. The molecule has 0 aromatic heterocycles. The van der Waals surface area contributed by atoms with Gasteiger partial charge in [0.25, 0.3) is 5.91 Å². The fourth-order valence-corrected chi connectivity index (χ4v) is 3.11. The maximum atomic E-state index is 12.8. The number of benzene rings is 2. The summed E-state index contributed by atoms with van der Waals surface area (Å²) in [5, 5.41) is 2.07. The lowest BCUT2D eigenvalue weighted by Crippen LogP contribution is -2.50. The molecule has 0 spiro atoms. The van der Waals surface area contributed by atoms with Crippen LogP contribution in [0.4, 0.5) is 0 Å². The highest BCUT2D eigenvalue weighted by Crippen LogP contribution is 2.20. The summed E-state index contributed by atoms with van der Waals surface area (Å²) >= 11 is 0. The summed E-state index contributed by atoms with van der Waals surface area (Å²) in [6.45, 7) is 4.50. The molecule has 2 aromatic rings. The summed E-state index contributed by atoms with van der Waals surface area (Å²) in [6.07, 6.45) is 1.46. The van der Waals surface area contributed by atoms with E-state index < -0.39 is 0 Å². The Labute approximate surface area is 136 Å². The number of nitrogens with zero attached hydrogens (tertiary/aromatic N) is 2. The normalized spacial score (nSPS) is 15.0. The molecule has 2 aromatic carbocycles. The van der Waals surface area contributed by atoms with Crippen molar-refractivity contribution in [2.24, 2.45) is 0 Å². The SMILES string of the molecule is CCCC(=O)N1CCN(C(=O)c2cccc3ccccc23)CC1. The molecule has 0 unspecified atom stereocenters. The molecule has 4 nitrogen and oxygen atoms in total. The zero-order valence-electron chi connectivity index (χ0n) is 13.5. The van der Waals surface area contributed by atoms with Crippen LogP contribution in [0.2, 0.25) is 0 Å². The summed E-state index contributed by atoms with van der Waals surface area (Å²) in [7, 11) is 0. The molecule has 1 saturated heterocycles. The fourth-order valence-electron chi connectivity index (χ4n) is 3.11. The average molecular weight is 310 g/mol. The number of carbonyl (C=O) groups excluding carboxylic acids is 2. The number of fused-ring (bicyclic) bond motifs is 1.